The normalized spacial score (nSPS) is 8.27. The fourth-order valence-corrected chi connectivity index (χ4v) is 0.784. The highest BCUT2D eigenvalue weighted by atomic mass is 32.1. The van der Waals surface area contributed by atoms with Gasteiger partial charge in [0.15, 0.2) is 0 Å². The van der Waals surface area contributed by atoms with Crippen LogP contribution in [0, 0.1) is 0 Å². The fraction of sp³-hybridized carbons (Fsp3) is 0.250. The maximum absolute atomic E-state index is 5.46. The quantitative estimate of drug-likeness (QED) is 0.413. The molecule has 0 heterocycles. The maximum atomic E-state index is 5.46. The van der Waals surface area contributed by atoms with Crippen molar-refractivity contribution in [3.05, 3.63) is 18.2 Å². The van der Waals surface area contributed by atoms with Crippen molar-refractivity contribution in [1.82, 2.24) is 0 Å². The van der Waals surface area contributed by atoms with Crippen LogP contribution in [-0.4, -0.2) is 0 Å². The van der Waals surface area contributed by atoms with Crippen LogP contribution < -0.4 is 11.5 Å². The Bertz CT molecular complexity index is 223. The van der Waals surface area contributed by atoms with Gasteiger partial charge in [0.05, 0.1) is 0 Å². The van der Waals surface area contributed by atoms with Gasteiger partial charge in [-0.1, -0.05) is 13.8 Å². The molecule has 0 aliphatic carbocycles. The summed E-state index contributed by atoms with van der Waals surface area (Å²) >= 11 is 4.06. The Morgan fingerprint density at radius 1 is 1.18 bits per heavy atom. The van der Waals surface area contributed by atoms with E-state index in [9.17, 15) is 0 Å². The van der Waals surface area contributed by atoms with E-state index in [4.69, 9.17) is 11.5 Å². The molecule has 0 aliphatic heterocycles. The first-order valence-corrected chi connectivity index (χ1v) is 3.99. The van der Waals surface area contributed by atoms with Gasteiger partial charge in [-0.15, -0.1) is 12.6 Å². The number of rotatable bonds is 0. The van der Waals surface area contributed by atoms with Crippen molar-refractivity contribution in [3.8, 4) is 0 Å². The van der Waals surface area contributed by atoms with Crippen molar-refractivity contribution < 1.29 is 0 Å². The highest BCUT2D eigenvalue weighted by Crippen LogP contribution is 2.18. The second kappa shape index (κ2) is 4.91. The highest BCUT2D eigenvalue weighted by molar-refractivity contribution is 7.80. The number of thiol groups is 1. The van der Waals surface area contributed by atoms with Crippen molar-refractivity contribution in [3.63, 3.8) is 0 Å². The molecule has 0 saturated carbocycles. The molecule has 1 aromatic rings. The fourth-order valence-electron chi connectivity index (χ4n) is 0.561. The lowest BCUT2D eigenvalue weighted by atomic mass is 10.3. The molecule has 0 amide bonds. The molecule has 0 aromatic heterocycles. The lowest BCUT2D eigenvalue weighted by molar-refractivity contribution is 1.47. The summed E-state index contributed by atoms with van der Waals surface area (Å²) in [5.41, 5.74) is 12.2. The summed E-state index contributed by atoms with van der Waals surface area (Å²) in [6.07, 6.45) is 0. The highest BCUT2D eigenvalue weighted by Gasteiger charge is 1.91. The molecule has 2 nitrogen and oxygen atoms in total. The van der Waals surface area contributed by atoms with Crippen molar-refractivity contribution in [2.75, 3.05) is 11.5 Å². The molecule has 0 spiro atoms. The molecule has 0 aliphatic rings. The van der Waals surface area contributed by atoms with Gasteiger partial charge < -0.3 is 11.5 Å². The number of nitrogen functional groups attached to an aromatic ring is 2. The lowest BCUT2D eigenvalue weighted by Crippen LogP contribution is -1.89. The Kier molecular flexibility index (Phi) is 4.54. The van der Waals surface area contributed by atoms with Gasteiger partial charge in [0.1, 0.15) is 0 Å². The van der Waals surface area contributed by atoms with Gasteiger partial charge >= 0.3 is 0 Å². The first kappa shape index (κ1) is 10.2. The number of benzene rings is 1. The third-order valence-electron chi connectivity index (χ3n) is 1.05. The van der Waals surface area contributed by atoms with Crippen molar-refractivity contribution in [1.29, 1.82) is 0 Å². The Hall–Kier alpha value is -0.830. The average Bonchev–Trinajstić information content (AvgIpc) is 2.02. The zero-order valence-corrected chi connectivity index (χ0v) is 7.73. The molecule has 1 aromatic carbocycles. The Morgan fingerprint density at radius 2 is 1.73 bits per heavy atom. The summed E-state index contributed by atoms with van der Waals surface area (Å²) in [5.74, 6) is 0. The minimum Gasteiger partial charge on any atom is -0.399 e. The monoisotopic (exact) mass is 170 g/mol. The first-order chi connectivity index (χ1) is 5.20. The summed E-state index contributed by atoms with van der Waals surface area (Å²) in [5, 5.41) is 0. The number of hydrogen-bond acceptors (Lipinski definition) is 3. The second-order valence-corrected chi connectivity index (χ2v) is 2.30. The van der Waals surface area contributed by atoms with Crippen LogP contribution in [0.1, 0.15) is 13.8 Å². The first-order valence-electron chi connectivity index (χ1n) is 3.54. The summed E-state index contributed by atoms with van der Waals surface area (Å²) in [6, 6.07) is 5.20. The maximum Gasteiger partial charge on any atom is 0.0451 e. The van der Waals surface area contributed by atoms with Gasteiger partial charge in [-0.25, -0.2) is 0 Å². The number of anilines is 2. The van der Waals surface area contributed by atoms with Gasteiger partial charge in [0, 0.05) is 16.3 Å². The number of nitrogens with two attached hydrogens (primary N) is 2. The Morgan fingerprint density at radius 3 is 2.09 bits per heavy atom. The van der Waals surface area contributed by atoms with E-state index in [1.54, 1.807) is 18.2 Å². The van der Waals surface area contributed by atoms with Crippen LogP contribution >= 0.6 is 12.6 Å². The molecule has 3 heteroatoms. The molecule has 11 heavy (non-hydrogen) atoms. The van der Waals surface area contributed by atoms with Crippen LogP contribution in [-0.2, 0) is 0 Å². The second-order valence-electron chi connectivity index (χ2n) is 1.82. The van der Waals surface area contributed by atoms with Crippen molar-refractivity contribution in [2.45, 2.75) is 18.7 Å². The zero-order chi connectivity index (χ0) is 8.85. The van der Waals surface area contributed by atoms with Gasteiger partial charge in [-0.2, -0.15) is 0 Å². The minimum absolute atomic E-state index is 0.660. The standard InChI is InChI=1S/C6H8N2S.C2H6/c7-4-1-2-5(8)6(9)3-4;1-2/h1-3,9H,7-8H2;1-2H3. The Labute approximate surface area is 73.0 Å². The van der Waals surface area contributed by atoms with Crippen LogP contribution in [0.3, 0.4) is 0 Å². The molecule has 1 rings (SSSR count). The zero-order valence-electron chi connectivity index (χ0n) is 6.83. The third kappa shape index (κ3) is 3.18. The molecular formula is C8H14N2S. The molecule has 0 saturated heterocycles. The summed E-state index contributed by atoms with van der Waals surface area (Å²) in [6.45, 7) is 4.00. The molecular weight excluding hydrogens is 156 g/mol. The van der Waals surface area contributed by atoms with E-state index in [1.807, 2.05) is 13.8 Å². The topological polar surface area (TPSA) is 52.0 Å². The van der Waals surface area contributed by atoms with E-state index < -0.39 is 0 Å². The summed E-state index contributed by atoms with van der Waals surface area (Å²) in [7, 11) is 0. The molecule has 4 N–H and O–H groups in total. The largest absolute Gasteiger partial charge is 0.399 e. The average molecular weight is 170 g/mol. The Balaban J connectivity index is 0.000000461. The van der Waals surface area contributed by atoms with E-state index in [0.29, 0.717) is 11.4 Å². The van der Waals surface area contributed by atoms with Crippen LogP contribution in [0.2, 0.25) is 0 Å². The predicted octanol–water partition coefficient (Wildman–Crippen LogP) is 2.17. The van der Waals surface area contributed by atoms with Crippen LogP contribution in [0.5, 0.6) is 0 Å². The van der Waals surface area contributed by atoms with Gasteiger partial charge in [0.2, 0.25) is 0 Å². The minimum atomic E-state index is 0.660. The van der Waals surface area contributed by atoms with Crippen molar-refractivity contribution >= 4 is 24.0 Å². The smallest absolute Gasteiger partial charge is 0.0451 e. The van der Waals surface area contributed by atoms with Crippen molar-refractivity contribution in [2.24, 2.45) is 0 Å². The molecule has 0 fully saturated rings. The summed E-state index contributed by atoms with van der Waals surface area (Å²) < 4.78 is 0. The molecule has 0 radical (unpaired) electrons. The van der Waals surface area contributed by atoms with E-state index in [2.05, 4.69) is 12.6 Å². The van der Waals surface area contributed by atoms with E-state index in [0.717, 1.165) is 4.90 Å². The van der Waals surface area contributed by atoms with Gasteiger partial charge in [-0.3, -0.25) is 0 Å². The molecule has 0 bridgehead atoms. The lowest BCUT2D eigenvalue weighted by Gasteiger charge is -1.97. The SMILES string of the molecule is CC.Nc1ccc(N)c(S)c1. The van der Waals surface area contributed by atoms with E-state index in [1.165, 1.54) is 0 Å². The molecule has 0 unspecified atom stereocenters. The van der Waals surface area contributed by atoms with Crippen LogP contribution in [0.15, 0.2) is 23.1 Å². The van der Waals surface area contributed by atoms with Crippen LogP contribution in [0.25, 0.3) is 0 Å². The number of hydrogen-bond donors (Lipinski definition) is 3. The van der Waals surface area contributed by atoms with E-state index in [-0.39, 0.29) is 0 Å². The van der Waals surface area contributed by atoms with Crippen LogP contribution in [0.4, 0.5) is 11.4 Å². The molecule has 62 valence electrons. The van der Waals surface area contributed by atoms with Gasteiger partial charge in [0.25, 0.3) is 0 Å². The molecule has 0 atom stereocenters. The summed E-state index contributed by atoms with van der Waals surface area (Å²) in [4.78, 5) is 0.731. The third-order valence-corrected chi connectivity index (χ3v) is 1.44. The predicted molar refractivity (Wildman–Crippen MR) is 53.9 cm³/mol. The van der Waals surface area contributed by atoms with Gasteiger partial charge in [-0.05, 0) is 18.2 Å². The van der Waals surface area contributed by atoms with E-state index >= 15 is 0 Å².